The predicted octanol–water partition coefficient (Wildman–Crippen LogP) is 2.32. The second kappa shape index (κ2) is 6.53. The number of hydrogen-bond acceptors (Lipinski definition) is 3. The third-order valence-corrected chi connectivity index (χ3v) is 4.75. The Balaban J connectivity index is 2.16. The van der Waals surface area contributed by atoms with Crippen molar-refractivity contribution in [2.75, 3.05) is 13.1 Å². The molecule has 1 aromatic rings. The smallest absolute Gasteiger partial charge is 0.0549 e. The van der Waals surface area contributed by atoms with Crippen molar-refractivity contribution in [1.82, 2.24) is 14.7 Å². The molecule has 3 atom stereocenters. The van der Waals surface area contributed by atoms with E-state index in [0.29, 0.717) is 18.0 Å². The van der Waals surface area contributed by atoms with Gasteiger partial charge in [-0.15, -0.1) is 0 Å². The zero-order valence-corrected chi connectivity index (χ0v) is 12.5. The molecular weight excluding hydrogens is 236 g/mol. The Kier molecular flexibility index (Phi) is 4.99. The fourth-order valence-electron chi connectivity index (χ4n) is 3.66. The van der Waals surface area contributed by atoms with Gasteiger partial charge in [0.15, 0.2) is 0 Å². The predicted molar refractivity (Wildman–Crippen MR) is 78.8 cm³/mol. The summed E-state index contributed by atoms with van der Waals surface area (Å²) in [5.74, 6) is 0.657. The second-order valence-electron chi connectivity index (χ2n) is 5.73. The van der Waals surface area contributed by atoms with Crippen LogP contribution in [-0.4, -0.2) is 33.8 Å². The molecule has 4 heteroatoms. The van der Waals surface area contributed by atoms with Crippen molar-refractivity contribution in [3.05, 3.63) is 18.0 Å². The molecule has 1 heterocycles. The monoisotopic (exact) mass is 264 g/mol. The molecule has 108 valence electrons. The maximum absolute atomic E-state index is 5.99. The van der Waals surface area contributed by atoms with Crippen LogP contribution in [0.1, 0.15) is 51.3 Å². The van der Waals surface area contributed by atoms with Crippen molar-refractivity contribution in [3.8, 4) is 0 Å². The van der Waals surface area contributed by atoms with Gasteiger partial charge in [-0.25, -0.2) is 0 Å². The van der Waals surface area contributed by atoms with Crippen LogP contribution in [-0.2, 0) is 7.05 Å². The standard InChI is InChI=1S/C15H28N4/c1-4-19(12(2)14-9-10-17-18(14)3)15-8-6-5-7-13(15)11-16/h9-10,12-13,15H,4-8,11,16H2,1-3H3. The number of rotatable bonds is 5. The summed E-state index contributed by atoms with van der Waals surface area (Å²) in [7, 11) is 2.03. The number of aromatic nitrogens is 2. The topological polar surface area (TPSA) is 47.1 Å². The molecule has 19 heavy (non-hydrogen) atoms. The minimum Gasteiger partial charge on any atom is -0.330 e. The van der Waals surface area contributed by atoms with Crippen LogP contribution in [0.4, 0.5) is 0 Å². The highest BCUT2D eigenvalue weighted by Gasteiger charge is 2.32. The molecule has 0 amide bonds. The van der Waals surface area contributed by atoms with Crippen LogP contribution in [0, 0.1) is 5.92 Å². The van der Waals surface area contributed by atoms with Gasteiger partial charge in [-0.1, -0.05) is 19.8 Å². The van der Waals surface area contributed by atoms with Gasteiger partial charge < -0.3 is 5.73 Å². The number of nitrogens with two attached hydrogens (primary N) is 1. The van der Waals surface area contributed by atoms with Gasteiger partial charge in [0.05, 0.1) is 5.69 Å². The average molecular weight is 264 g/mol. The van der Waals surface area contributed by atoms with Crippen LogP contribution in [0.2, 0.25) is 0 Å². The van der Waals surface area contributed by atoms with E-state index in [2.05, 4.69) is 29.9 Å². The molecule has 0 aromatic carbocycles. The van der Waals surface area contributed by atoms with Crippen LogP contribution in [0.3, 0.4) is 0 Å². The van der Waals surface area contributed by atoms with E-state index in [-0.39, 0.29) is 0 Å². The van der Waals surface area contributed by atoms with E-state index in [1.165, 1.54) is 31.4 Å². The molecule has 1 aromatic heterocycles. The molecule has 0 bridgehead atoms. The Hall–Kier alpha value is -0.870. The largest absolute Gasteiger partial charge is 0.330 e. The molecule has 1 aliphatic carbocycles. The van der Waals surface area contributed by atoms with Gasteiger partial charge in [-0.3, -0.25) is 9.58 Å². The zero-order chi connectivity index (χ0) is 13.8. The Labute approximate surface area is 117 Å². The highest BCUT2D eigenvalue weighted by atomic mass is 15.3. The Morgan fingerprint density at radius 1 is 1.47 bits per heavy atom. The molecule has 1 fully saturated rings. The van der Waals surface area contributed by atoms with Crippen molar-refractivity contribution < 1.29 is 0 Å². The molecule has 1 saturated carbocycles. The lowest BCUT2D eigenvalue weighted by atomic mass is 9.83. The molecule has 3 unspecified atom stereocenters. The molecular formula is C15H28N4. The Bertz CT molecular complexity index is 387. The number of aryl methyl sites for hydroxylation is 1. The third-order valence-electron chi connectivity index (χ3n) is 4.75. The lowest BCUT2D eigenvalue weighted by Gasteiger charge is -2.42. The van der Waals surface area contributed by atoms with E-state index in [1.807, 2.05) is 17.9 Å². The van der Waals surface area contributed by atoms with E-state index in [1.54, 1.807) is 0 Å². The first-order valence-corrected chi connectivity index (χ1v) is 7.62. The minimum atomic E-state index is 0.412. The molecule has 2 N–H and O–H groups in total. The van der Waals surface area contributed by atoms with Gasteiger partial charge in [-0.2, -0.15) is 5.10 Å². The SMILES string of the molecule is CCN(C(C)c1ccnn1C)C1CCCCC1CN. The molecule has 2 rings (SSSR count). The summed E-state index contributed by atoms with van der Waals surface area (Å²) in [5, 5.41) is 4.30. The second-order valence-corrected chi connectivity index (χ2v) is 5.73. The molecule has 0 aliphatic heterocycles. The minimum absolute atomic E-state index is 0.412. The lowest BCUT2D eigenvalue weighted by Crippen LogP contribution is -2.46. The van der Waals surface area contributed by atoms with Gasteiger partial charge in [0.1, 0.15) is 0 Å². The summed E-state index contributed by atoms with van der Waals surface area (Å²) in [6, 6.07) is 3.18. The fourth-order valence-corrected chi connectivity index (χ4v) is 3.66. The number of hydrogen-bond donors (Lipinski definition) is 1. The lowest BCUT2D eigenvalue weighted by molar-refractivity contribution is 0.0738. The molecule has 0 spiro atoms. The summed E-state index contributed by atoms with van der Waals surface area (Å²) in [6.07, 6.45) is 7.15. The fraction of sp³-hybridized carbons (Fsp3) is 0.800. The van der Waals surface area contributed by atoms with E-state index in [4.69, 9.17) is 5.73 Å². The third kappa shape index (κ3) is 3.00. The van der Waals surface area contributed by atoms with Gasteiger partial charge in [0, 0.05) is 25.3 Å². The average Bonchev–Trinajstić information content (AvgIpc) is 2.86. The Morgan fingerprint density at radius 3 is 2.79 bits per heavy atom. The quantitative estimate of drug-likeness (QED) is 0.888. The zero-order valence-electron chi connectivity index (χ0n) is 12.5. The van der Waals surface area contributed by atoms with Crippen LogP contribution in [0.15, 0.2) is 12.3 Å². The summed E-state index contributed by atoms with van der Waals surface area (Å²) in [5.41, 5.74) is 7.29. The van der Waals surface area contributed by atoms with E-state index in [9.17, 15) is 0 Å². The molecule has 0 saturated heterocycles. The van der Waals surface area contributed by atoms with Gasteiger partial charge in [-0.05, 0) is 44.8 Å². The van der Waals surface area contributed by atoms with Crippen molar-refractivity contribution >= 4 is 0 Å². The highest BCUT2D eigenvalue weighted by molar-refractivity contribution is 5.07. The molecule has 4 nitrogen and oxygen atoms in total. The van der Waals surface area contributed by atoms with Crippen LogP contribution in [0.25, 0.3) is 0 Å². The van der Waals surface area contributed by atoms with Crippen molar-refractivity contribution in [1.29, 1.82) is 0 Å². The first-order chi connectivity index (χ1) is 9.19. The van der Waals surface area contributed by atoms with E-state index < -0.39 is 0 Å². The van der Waals surface area contributed by atoms with Gasteiger partial charge in [0.2, 0.25) is 0 Å². The van der Waals surface area contributed by atoms with Crippen molar-refractivity contribution in [2.45, 2.75) is 51.6 Å². The van der Waals surface area contributed by atoms with Crippen molar-refractivity contribution in [3.63, 3.8) is 0 Å². The summed E-state index contributed by atoms with van der Waals surface area (Å²) < 4.78 is 1.99. The summed E-state index contributed by atoms with van der Waals surface area (Å²) in [4.78, 5) is 2.62. The normalized spacial score (nSPS) is 25.7. The first-order valence-electron chi connectivity index (χ1n) is 7.62. The summed E-state index contributed by atoms with van der Waals surface area (Å²) in [6.45, 7) is 6.45. The van der Waals surface area contributed by atoms with Crippen LogP contribution in [0.5, 0.6) is 0 Å². The maximum atomic E-state index is 5.99. The number of nitrogens with zero attached hydrogens (tertiary/aromatic N) is 3. The highest BCUT2D eigenvalue weighted by Crippen LogP contribution is 2.32. The molecule has 0 radical (unpaired) electrons. The van der Waals surface area contributed by atoms with Crippen LogP contribution < -0.4 is 5.73 Å². The van der Waals surface area contributed by atoms with Gasteiger partial charge >= 0.3 is 0 Å². The maximum Gasteiger partial charge on any atom is 0.0549 e. The molecule has 1 aliphatic rings. The van der Waals surface area contributed by atoms with E-state index in [0.717, 1.165) is 13.1 Å². The van der Waals surface area contributed by atoms with Crippen molar-refractivity contribution in [2.24, 2.45) is 18.7 Å². The van der Waals surface area contributed by atoms with E-state index >= 15 is 0 Å². The first kappa shape index (κ1) is 14.5. The summed E-state index contributed by atoms with van der Waals surface area (Å²) >= 11 is 0. The Morgan fingerprint density at radius 2 is 2.21 bits per heavy atom. The van der Waals surface area contributed by atoms with Crippen LogP contribution >= 0.6 is 0 Å². The van der Waals surface area contributed by atoms with Gasteiger partial charge in [0.25, 0.3) is 0 Å².